The van der Waals surface area contributed by atoms with E-state index >= 15 is 0 Å². The summed E-state index contributed by atoms with van der Waals surface area (Å²) in [6, 6.07) is 18.0. The first-order valence-electron chi connectivity index (χ1n) is 5.41. The topological polar surface area (TPSA) is 66.0 Å². The van der Waals surface area contributed by atoms with Crippen molar-refractivity contribution in [3.63, 3.8) is 0 Å². The molecule has 0 atom stereocenters. The molecule has 0 heterocycles. The number of nitrogens with zero attached hydrogens (tertiary/aromatic N) is 2. The van der Waals surface area contributed by atoms with Crippen molar-refractivity contribution >= 4 is 0 Å². The standard InChI is InChI=1S/2C7H5NO.Zr/c2*8-5-6-2-1-3-7(9)4-6;/h2*1-4,9H;/q;;+2/p-2. The molecule has 4 nitrogen and oxygen atoms in total. The SMILES string of the molecule is N#Cc1cccc([O][Zr][O]c2cccc(C#N)c2)c1. The van der Waals surface area contributed by atoms with Gasteiger partial charge >= 0.3 is 124 Å². The van der Waals surface area contributed by atoms with Crippen LogP contribution in [0.3, 0.4) is 0 Å². The van der Waals surface area contributed by atoms with Crippen molar-refractivity contribution in [3.8, 4) is 23.6 Å². The van der Waals surface area contributed by atoms with Crippen LogP contribution in [0, 0.1) is 22.7 Å². The summed E-state index contributed by atoms with van der Waals surface area (Å²) in [7, 11) is 0. The van der Waals surface area contributed by atoms with E-state index in [1.807, 2.05) is 0 Å². The maximum absolute atomic E-state index is 8.77. The molecule has 2 aromatic rings. The molecule has 0 saturated carbocycles. The molecule has 0 amide bonds. The Morgan fingerprint density at radius 3 is 1.68 bits per heavy atom. The molecule has 0 aliphatic heterocycles. The Morgan fingerprint density at radius 1 is 0.789 bits per heavy atom. The monoisotopic (exact) mass is 326 g/mol. The van der Waals surface area contributed by atoms with E-state index in [0.29, 0.717) is 22.6 Å². The van der Waals surface area contributed by atoms with Gasteiger partial charge in [-0.25, -0.2) is 0 Å². The molecule has 0 spiro atoms. The summed E-state index contributed by atoms with van der Waals surface area (Å²) in [6.45, 7) is 0. The van der Waals surface area contributed by atoms with E-state index in [-0.39, 0.29) is 0 Å². The fourth-order valence-corrected chi connectivity index (χ4v) is 2.57. The third kappa shape index (κ3) is 3.95. The second kappa shape index (κ2) is 6.73. The van der Waals surface area contributed by atoms with Crippen LogP contribution in [0.1, 0.15) is 11.1 Å². The van der Waals surface area contributed by atoms with Gasteiger partial charge in [-0.3, -0.25) is 0 Å². The van der Waals surface area contributed by atoms with Gasteiger partial charge < -0.3 is 0 Å². The average molecular weight is 327 g/mol. The zero-order valence-electron chi connectivity index (χ0n) is 9.83. The van der Waals surface area contributed by atoms with Crippen LogP contribution in [0.25, 0.3) is 0 Å². The number of rotatable bonds is 4. The minimum absolute atomic E-state index is 0.559. The Bertz CT molecular complexity index is 601. The van der Waals surface area contributed by atoms with Gasteiger partial charge in [0.15, 0.2) is 0 Å². The predicted octanol–water partition coefficient (Wildman–Crippen LogP) is 2.80. The summed E-state index contributed by atoms with van der Waals surface area (Å²) >= 11 is -1.54. The number of benzene rings is 2. The van der Waals surface area contributed by atoms with Crippen LogP contribution in [-0.4, -0.2) is 0 Å². The quantitative estimate of drug-likeness (QED) is 0.866. The molecule has 0 saturated heterocycles. The van der Waals surface area contributed by atoms with Crippen LogP contribution in [0.4, 0.5) is 0 Å². The summed E-state index contributed by atoms with van der Waals surface area (Å²) < 4.78 is 11.1. The number of nitriles is 2. The summed E-state index contributed by atoms with van der Waals surface area (Å²) in [5.41, 5.74) is 1.12. The number of hydrogen-bond donors (Lipinski definition) is 0. The van der Waals surface area contributed by atoms with Crippen molar-refractivity contribution < 1.29 is 29.7 Å². The normalized spacial score (nSPS) is 8.95. The van der Waals surface area contributed by atoms with Gasteiger partial charge in [-0.15, -0.1) is 0 Å². The minimum atomic E-state index is -1.54. The Hall–Kier alpha value is -2.10. The van der Waals surface area contributed by atoms with E-state index in [9.17, 15) is 0 Å². The van der Waals surface area contributed by atoms with Gasteiger partial charge in [0.2, 0.25) is 0 Å². The van der Waals surface area contributed by atoms with Crippen molar-refractivity contribution in [2.75, 3.05) is 0 Å². The molecule has 5 heteroatoms. The van der Waals surface area contributed by atoms with Crippen LogP contribution < -0.4 is 5.63 Å². The molecule has 0 fully saturated rings. The Labute approximate surface area is 123 Å². The van der Waals surface area contributed by atoms with E-state index in [4.69, 9.17) is 16.2 Å². The molecule has 0 unspecified atom stereocenters. The van der Waals surface area contributed by atoms with Crippen molar-refractivity contribution in [2.24, 2.45) is 0 Å². The van der Waals surface area contributed by atoms with Crippen molar-refractivity contribution in [1.29, 1.82) is 10.5 Å². The summed E-state index contributed by atoms with van der Waals surface area (Å²) in [6.07, 6.45) is 0. The van der Waals surface area contributed by atoms with Gasteiger partial charge in [0, 0.05) is 0 Å². The molecular formula is C14H8N2O2Zr. The summed E-state index contributed by atoms with van der Waals surface area (Å²) in [5, 5.41) is 17.5. The van der Waals surface area contributed by atoms with Crippen molar-refractivity contribution in [1.82, 2.24) is 0 Å². The van der Waals surface area contributed by atoms with E-state index < -0.39 is 24.1 Å². The Morgan fingerprint density at radius 2 is 1.26 bits per heavy atom. The van der Waals surface area contributed by atoms with Crippen LogP contribution in [-0.2, 0) is 24.1 Å². The van der Waals surface area contributed by atoms with Gasteiger partial charge in [-0.05, 0) is 0 Å². The van der Waals surface area contributed by atoms with E-state index in [0.717, 1.165) is 0 Å². The zero-order valence-corrected chi connectivity index (χ0v) is 12.3. The third-order valence-corrected chi connectivity index (χ3v) is 3.81. The first kappa shape index (κ1) is 13.3. The van der Waals surface area contributed by atoms with E-state index in [1.165, 1.54) is 0 Å². The van der Waals surface area contributed by atoms with Gasteiger partial charge in [-0.2, -0.15) is 0 Å². The van der Waals surface area contributed by atoms with Crippen LogP contribution in [0.5, 0.6) is 11.5 Å². The average Bonchev–Trinajstić information content (AvgIpc) is 2.48. The van der Waals surface area contributed by atoms with E-state index in [1.54, 1.807) is 48.5 Å². The molecule has 90 valence electrons. The fraction of sp³-hybridized carbons (Fsp3) is 0. The van der Waals surface area contributed by atoms with Crippen molar-refractivity contribution in [2.45, 2.75) is 0 Å². The van der Waals surface area contributed by atoms with Crippen LogP contribution >= 0.6 is 0 Å². The second-order valence-electron chi connectivity index (χ2n) is 3.57. The second-order valence-corrected chi connectivity index (χ2v) is 4.98. The van der Waals surface area contributed by atoms with Crippen LogP contribution in [0.15, 0.2) is 48.5 Å². The zero-order chi connectivity index (χ0) is 13.5. The maximum atomic E-state index is 8.77. The predicted molar refractivity (Wildman–Crippen MR) is 63.6 cm³/mol. The Balaban J connectivity index is 1.93. The number of hydrogen-bond acceptors (Lipinski definition) is 4. The fourth-order valence-electron chi connectivity index (χ4n) is 1.38. The first-order valence-corrected chi connectivity index (χ1v) is 7.41. The molecule has 0 aliphatic carbocycles. The van der Waals surface area contributed by atoms with E-state index in [2.05, 4.69) is 12.1 Å². The molecular weight excluding hydrogens is 319 g/mol. The summed E-state index contributed by atoms with van der Waals surface area (Å²) in [5.74, 6) is 1.28. The van der Waals surface area contributed by atoms with Crippen LogP contribution in [0.2, 0.25) is 0 Å². The van der Waals surface area contributed by atoms with Gasteiger partial charge in [-0.1, -0.05) is 0 Å². The molecule has 19 heavy (non-hydrogen) atoms. The van der Waals surface area contributed by atoms with Crippen molar-refractivity contribution in [3.05, 3.63) is 59.7 Å². The molecule has 0 aliphatic rings. The molecule has 0 radical (unpaired) electrons. The van der Waals surface area contributed by atoms with Gasteiger partial charge in [0.05, 0.1) is 0 Å². The summed E-state index contributed by atoms with van der Waals surface area (Å²) in [4.78, 5) is 0. The molecule has 2 aromatic carbocycles. The van der Waals surface area contributed by atoms with Gasteiger partial charge in [0.1, 0.15) is 0 Å². The molecule has 2 rings (SSSR count). The van der Waals surface area contributed by atoms with Gasteiger partial charge in [0.25, 0.3) is 0 Å². The third-order valence-electron chi connectivity index (χ3n) is 2.25. The molecule has 0 N–H and O–H groups in total. The molecule has 0 bridgehead atoms. The Kier molecular flexibility index (Phi) is 4.73. The molecule has 0 aromatic heterocycles. The first-order chi connectivity index (χ1) is 9.31.